The Morgan fingerprint density at radius 1 is 0.317 bits per heavy atom. The fourth-order valence-corrected chi connectivity index (χ4v) is 11.9. The quantitative estimate of drug-likeness (QED) is 0.143. The van der Waals surface area contributed by atoms with Gasteiger partial charge in [0.1, 0.15) is 0 Å². The van der Waals surface area contributed by atoms with Crippen LogP contribution in [0.1, 0.15) is 11.0 Å². The summed E-state index contributed by atoms with van der Waals surface area (Å²) in [7, 11) is 0. The van der Waals surface area contributed by atoms with Gasteiger partial charge in [0, 0.05) is 77.1 Å². The van der Waals surface area contributed by atoms with Crippen LogP contribution in [-0.2, 0) is 0 Å². The topological polar surface area (TPSA) is 92.1 Å². The molecule has 11 aromatic carbocycles. The summed E-state index contributed by atoms with van der Waals surface area (Å²) in [6, 6.07) is 81.8. The fraction of sp³-hybridized carbons (Fsp3) is 0.0137. The molecule has 82 heavy (non-hydrogen) atoms. The van der Waals surface area contributed by atoms with Gasteiger partial charge in [-0.1, -0.05) is 181 Å². The summed E-state index contributed by atoms with van der Waals surface area (Å²) in [4.78, 5) is 31.6. The second-order valence-electron chi connectivity index (χ2n) is 20.4. The SMILES string of the molecule is [2H]c1c([2H])c(C)c([2H])c(-c2nc(-c3ccc(-n4c5ccccc5c5ccc6c(c7ccccc7n6-c6ccccc6)c54)c(-c4nc(-c5ccccc5)nc(-c5ccccc5)n4)c3)nc(-c3ccc4c(c3)c3ccccc3n4-c3ccccc3)n2)c1[2H]. The van der Waals surface area contributed by atoms with Crippen LogP contribution in [-0.4, -0.2) is 43.6 Å². The summed E-state index contributed by atoms with van der Waals surface area (Å²) < 4.78 is 43.3. The molecule has 0 aliphatic carbocycles. The summed E-state index contributed by atoms with van der Waals surface area (Å²) in [5, 5.41) is 6.33. The molecule has 5 aromatic heterocycles. The number of benzene rings is 11. The molecule has 9 heteroatoms. The Bertz CT molecular complexity index is 5330. The molecule has 9 nitrogen and oxygen atoms in total. The van der Waals surface area contributed by atoms with Crippen LogP contribution in [0.15, 0.2) is 267 Å². The van der Waals surface area contributed by atoms with Gasteiger partial charge in [-0.2, -0.15) is 0 Å². The van der Waals surface area contributed by atoms with Crippen molar-refractivity contribution in [3.63, 3.8) is 0 Å². The van der Waals surface area contributed by atoms with E-state index >= 15 is 0 Å². The number of hydrogen-bond acceptors (Lipinski definition) is 6. The zero-order valence-corrected chi connectivity index (χ0v) is 44.1. The molecule has 0 fully saturated rings. The molecule has 0 bridgehead atoms. The highest BCUT2D eigenvalue weighted by Gasteiger charge is 2.25. The molecule has 0 unspecified atom stereocenters. The van der Waals surface area contributed by atoms with E-state index in [4.69, 9.17) is 32.6 Å². The summed E-state index contributed by atoms with van der Waals surface area (Å²) in [6.45, 7) is 1.63. The summed E-state index contributed by atoms with van der Waals surface area (Å²) >= 11 is 0. The summed E-state index contributed by atoms with van der Waals surface area (Å²) in [5.74, 6) is 1.95. The Kier molecular flexibility index (Phi) is 9.94. The maximum Gasteiger partial charge on any atom is 0.166 e. The lowest BCUT2D eigenvalue weighted by Gasteiger charge is -2.17. The average molecular weight is 1050 g/mol. The van der Waals surface area contributed by atoms with E-state index in [1.807, 2.05) is 115 Å². The number of para-hydroxylation sites is 5. The van der Waals surface area contributed by atoms with Gasteiger partial charge in [-0.05, 0) is 97.9 Å². The zero-order valence-electron chi connectivity index (χ0n) is 48.1. The summed E-state index contributed by atoms with van der Waals surface area (Å²) in [6.07, 6.45) is 0. The predicted molar refractivity (Wildman–Crippen MR) is 334 cm³/mol. The molecule has 16 aromatic rings. The molecular weight excluding hydrogens is 1000 g/mol. The van der Waals surface area contributed by atoms with Gasteiger partial charge in [0.05, 0.1) is 44.3 Å². The molecule has 0 saturated heterocycles. The Balaban J connectivity index is 1.00. The number of rotatable bonds is 9. The Morgan fingerprint density at radius 3 is 1.38 bits per heavy atom. The molecule has 0 amide bonds. The van der Waals surface area contributed by atoms with Crippen LogP contribution in [0, 0.1) is 6.92 Å². The second kappa shape index (κ2) is 19.0. The van der Waals surface area contributed by atoms with E-state index in [0.717, 1.165) is 93.6 Å². The van der Waals surface area contributed by atoms with Gasteiger partial charge < -0.3 is 13.7 Å². The minimum atomic E-state index is -0.316. The summed E-state index contributed by atoms with van der Waals surface area (Å²) in [5.41, 5.74) is 12.8. The first-order chi connectivity index (χ1) is 42.3. The van der Waals surface area contributed by atoms with Gasteiger partial charge in [0.25, 0.3) is 0 Å². The van der Waals surface area contributed by atoms with E-state index in [1.165, 1.54) is 0 Å². The molecule has 0 aliphatic heterocycles. The van der Waals surface area contributed by atoms with E-state index in [9.17, 15) is 2.74 Å². The van der Waals surface area contributed by atoms with Crippen molar-refractivity contribution in [2.45, 2.75) is 6.92 Å². The minimum Gasteiger partial charge on any atom is -0.309 e. The van der Waals surface area contributed by atoms with Crippen molar-refractivity contribution in [2.24, 2.45) is 0 Å². The molecule has 0 atom stereocenters. The van der Waals surface area contributed by atoms with Crippen molar-refractivity contribution in [3.8, 4) is 85.4 Å². The Morgan fingerprint density at radius 2 is 0.756 bits per heavy atom. The van der Waals surface area contributed by atoms with Crippen LogP contribution in [0.5, 0.6) is 0 Å². The smallest absolute Gasteiger partial charge is 0.166 e. The maximum absolute atomic E-state index is 9.42. The number of fused-ring (bicyclic) bond motifs is 10. The lowest BCUT2D eigenvalue weighted by atomic mass is 10.0. The van der Waals surface area contributed by atoms with Crippen molar-refractivity contribution in [2.75, 3.05) is 0 Å². The molecule has 0 radical (unpaired) electrons. The third-order valence-electron chi connectivity index (χ3n) is 15.5. The second-order valence-corrected chi connectivity index (χ2v) is 20.4. The third kappa shape index (κ3) is 7.70. The molecule has 5 heterocycles. The van der Waals surface area contributed by atoms with E-state index in [-0.39, 0.29) is 46.9 Å². The monoisotopic (exact) mass is 1050 g/mol. The minimum absolute atomic E-state index is 0.0338. The van der Waals surface area contributed by atoms with Gasteiger partial charge in [-0.15, -0.1) is 0 Å². The van der Waals surface area contributed by atoms with Gasteiger partial charge in [-0.3, -0.25) is 0 Å². The average Bonchev–Trinajstić information content (AvgIpc) is 1.67. The van der Waals surface area contributed by atoms with Crippen molar-refractivity contribution in [1.29, 1.82) is 0 Å². The van der Waals surface area contributed by atoms with Crippen LogP contribution < -0.4 is 0 Å². The van der Waals surface area contributed by atoms with E-state index in [0.29, 0.717) is 40.0 Å². The van der Waals surface area contributed by atoms with Gasteiger partial charge >= 0.3 is 0 Å². The van der Waals surface area contributed by atoms with E-state index in [2.05, 4.69) is 141 Å². The van der Waals surface area contributed by atoms with Gasteiger partial charge in [0.2, 0.25) is 0 Å². The first kappa shape index (κ1) is 42.8. The number of aromatic nitrogens is 9. The highest BCUT2D eigenvalue weighted by Crippen LogP contribution is 2.45. The largest absolute Gasteiger partial charge is 0.309 e. The van der Waals surface area contributed by atoms with E-state index < -0.39 is 0 Å². The molecule has 0 spiro atoms. The van der Waals surface area contributed by atoms with Crippen LogP contribution in [0.3, 0.4) is 0 Å². The van der Waals surface area contributed by atoms with Crippen LogP contribution >= 0.6 is 0 Å². The van der Waals surface area contributed by atoms with Crippen molar-refractivity contribution < 1.29 is 5.48 Å². The molecule has 0 saturated carbocycles. The standard InChI is InChI=1S/C73H47N9/c1-46-21-20-26-49(43-46)70-75-71(50-37-40-63-58(44-50)55-32-15-17-34-60(55)80(63)52-27-10-4-11-28-52)77-72(76-70)51-38-41-64(59(45-51)73-78-68(47-22-6-2-7-23-47)74-69(79-73)48-24-8-3-9-25-48)82-61-35-18-14-31-54(61)56-39-42-65-66(67(56)82)57-33-16-19-36-62(57)81(65)53-29-12-5-13-30-53/h2-45H,1H3/i20D,21D,26D,43D. The first-order valence-electron chi connectivity index (χ1n) is 29.2. The lowest BCUT2D eigenvalue weighted by Crippen LogP contribution is -2.05. The predicted octanol–water partition coefficient (Wildman–Crippen LogP) is 17.7. The Labute approximate surface area is 477 Å². The highest BCUT2D eigenvalue weighted by atomic mass is 15.1. The normalized spacial score (nSPS) is 12.4. The molecule has 384 valence electrons. The maximum atomic E-state index is 9.42. The van der Waals surface area contributed by atoms with Gasteiger partial charge in [-0.25, -0.2) is 29.9 Å². The van der Waals surface area contributed by atoms with Crippen molar-refractivity contribution in [3.05, 3.63) is 272 Å². The van der Waals surface area contributed by atoms with Crippen molar-refractivity contribution >= 4 is 65.4 Å². The molecule has 16 rings (SSSR count). The Hall–Kier alpha value is -11.2. The third-order valence-corrected chi connectivity index (χ3v) is 15.5. The first-order valence-corrected chi connectivity index (χ1v) is 27.2. The van der Waals surface area contributed by atoms with Crippen LogP contribution in [0.4, 0.5) is 0 Å². The highest BCUT2D eigenvalue weighted by molar-refractivity contribution is 6.26. The fourth-order valence-electron chi connectivity index (χ4n) is 11.9. The lowest BCUT2D eigenvalue weighted by molar-refractivity contribution is 1.06. The van der Waals surface area contributed by atoms with E-state index in [1.54, 1.807) is 6.92 Å². The number of nitrogens with zero attached hydrogens (tertiary/aromatic N) is 9. The van der Waals surface area contributed by atoms with Crippen molar-refractivity contribution in [1.82, 2.24) is 43.6 Å². The molecule has 0 N–H and O–H groups in total. The van der Waals surface area contributed by atoms with Gasteiger partial charge in [0.15, 0.2) is 34.9 Å². The number of hydrogen-bond donors (Lipinski definition) is 0. The van der Waals surface area contributed by atoms with Crippen LogP contribution in [0.25, 0.3) is 151 Å². The molecular formula is C73H47N9. The zero-order chi connectivity index (χ0) is 57.7. The van der Waals surface area contributed by atoms with Crippen LogP contribution in [0.2, 0.25) is 0 Å². The molecule has 0 aliphatic rings.